The summed E-state index contributed by atoms with van der Waals surface area (Å²) in [6, 6.07) is 8.57. The molecule has 0 aromatic heterocycles. The highest BCUT2D eigenvalue weighted by atomic mass is 16.1. The van der Waals surface area contributed by atoms with Gasteiger partial charge in [-0.1, -0.05) is 62.4 Å². The molecule has 3 nitrogen and oxygen atoms in total. The highest BCUT2D eigenvalue weighted by molar-refractivity contribution is 5.86. The van der Waals surface area contributed by atoms with Crippen molar-refractivity contribution < 1.29 is 4.79 Å². The van der Waals surface area contributed by atoms with Crippen LogP contribution in [0, 0.1) is 6.92 Å². The van der Waals surface area contributed by atoms with Gasteiger partial charge in [0.05, 0.1) is 0 Å². The summed E-state index contributed by atoms with van der Waals surface area (Å²) in [6.45, 7) is 4.09. The zero-order valence-electron chi connectivity index (χ0n) is 13.3. The van der Waals surface area contributed by atoms with Gasteiger partial charge in [-0.05, 0) is 31.7 Å². The molecular weight excluding hydrogens is 260 g/mol. The third-order valence-electron chi connectivity index (χ3n) is 4.80. The van der Waals surface area contributed by atoms with E-state index in [1.54, 1.807) is 0 Å². The SMILES string of the molecule is CCC(NC1CCCCCC1)(C(N)=O)c1ccc(C)cc1. The maximum absolute atomic E-state index is 12.3. The van der Waals surface area contributed by atoms with Gasteiger partial charge in [0.25, 0.3) is 0 Å². The lowest BCUT2D eigenvalue weighted by Crippen LogP contribution is -2.55. The molecule has 1 atom stereocenters. The van der Waals surface area contributed by atoms with Crippen molar-refractivity contribution >= 4 is 5.91 Å². The molecular formula is C18H28N2O. The Balaban J connectivity index is 2.27. The summed E-state index contributed by atoms with van der Waals surface area (Å²) in [5.74, 6) is -0.266. The van der Waals surface area contributed by atoms with Crippen LogP contribution in [0.1, 0.15) is 63.0 Å². The van der Waals surface area contributed by atoms with Gasteiger partial charge in [-0.2, -0.15) is 0 Å². The first-order valence-corrected chi connectivity index (χ1v) is 8.23. The maximum Gasteiger partial charge on any atom is 0.242 e. The van der Waals surface area contributed by atoms with E-state index >= 15 is 0 Å². The van der Waals surface area contributed by atoms with E-state index in [4.69, 9.17) is 5.73 Å². The minimum Gasteiger partial charge on any atom is -0.368 e. The fraction of sp³-hybridized carbons (Fsp3) is 0.611. The standard InChI is InChI=1S/C18H28N2O/c1-3-18(17(19)21,15-12-10-14(2)11-13-15)20-16-8-6-4-5-7-9-16/h10-13,16,20H,3-9H2,1-2H3,(H2,19,21). The number of nitrogens with one attached hydrogen (secondary N) is 1. The molecule has 0 bridgehead atoms. The topological polar surface area (TPSA) is 55.1 Å². The Morgan fingerprint density at radius 3 is 2.24 bits per heavy atom. The van der Waals surface area contributed by atoms with E-state index in [1.807, 2.05) is 19.1 Å². The zero-order valence-corrected chi connectivity index (χ0v) is 13.3. The fourth-order valence-electron chi connectivity index (χ4n) is 3.39. The number of carbonyl (C=O) groups excluding carboxylic acids is 1. The van der Waals surface area contributed by atoms with Crippen molar-refractivity contribution in [1.29, 1.82) is 0 Å². The average Bonchev–Trinajstić information content (AvgIpc) is 2.74. The van der Waals surface area contributed by atoms with Crippen LogP contribution in [0.5, 0.6) is 0 Å². The maximum atomic E-state index is 12.3. The molecule has 1 unspecified atom stereocenters. The van der Waals surface area contributed by atoms with Crippen molar-refractivity contribution in [1.82, 2.24) is 5.32 Å². The van der Waals surface area contributed by atoms with Crippen LogP contribution in [0.25, 0.3) is 0 Å². The molecule has 1 amide bonds. The van der Waals surface area contributed by atoms with Gasteiger partial charge in [0.2, 0.25) is 5.91 Å². The lowest BCUT2D eigenvalue weighted by atomic mass is 9.84. The Kier molecular flexibility index (Phi) is 5.40. The second kappa shape index (κ2) is 7.08. The number of aryl methyl sites for hydroxylation is 1. The number of primary amides is 1. The van der Waals surface area contributed by atoms with Crippen LogP contribution in [0.3, 0.4) is 0 Å². The molecule has 2 rings (SSSR count). The Morgan fingerprint density at radius 1 is 1.19 bits per heavy atom. The van der Waals surface area contributed by atoms with Crippen LogP contribution in [0.2, 0.25) is 0 Å². The highest BCUT2D eigenvalue weighted by Crippen LogP contribution is 2.29. The van der Waals surface area contributed by atoms with Crippen LogP contribution in [-0.4, -0.2) is 11.9 Å². The van der Waals surface area contributed by atoms with Crippen molar-refractivity contribution in [2.75, 3.05) is 0 Å². The number of hydrogen-bond acceptors (Lipinski definition) is 2. The van der Waals surface area contributed by atoms with Crippen LogP contribution in [0.15, 0.2) is 24.3 Å². The highest BCUT2D eigenvalue weighted by Gasteiger charge is 2.38. The summed E-state index contributed by atoms with van der Waals surface area (Å²) in [6.07, 6.45) is 8.05. The van der Waals surface area contributed by atoms with Crippen LogP contribution < -0.4 is 11.1 Å². The van der Waals surface area contributed by atoms with E-state index in [1.165, 1.54) is 31.2 Å². The summed E-state index contributed by atoms with van der Waals surface area (Å²) < 4.78 is 0. The lowest BCUT2D eigenvalue weighted by molar-refractivity contribution is -0.125. The molecule has 0 spiro atoms. The van der Waals surface area contributed by atoms with Gasteiger partial charge >= 0.3 is 0 Å². The lowest BCUT2D eigenvalue weighted by Gasteiger charge is -2.35. The molecule has 1 aromatic rings. The van der Waals surface area contributed by atoms with E-state index in [0.717, 1.165) is 18.4 Å². The molecule has 0 saturated heterocycles. The molecule has 0 heterocycles. The van der Waals surface area contributed by atoms with E-state index in [0.29, 0.717) is 12.5 Å². The molecule has 21 heavy (non-hydrogen) atoms. The third kappa shape index (κ3) is 3.65. The summed E-state index contributed by atoms with van der Waals surface area (Å²) >= 11 is 0. The van der Waals surface area contributed by atoms with Crippen molar-refractivity contribution in [3.05, 3.63) is 35.4 Å². The summed E-state index contributed by atoms with van der Waals surface area (Å²) in [5.41, 5.74) is 7.26. The van der Waals surface area contributed by atoms with Crippen molar-refractivity contribution in [3.8, 4) is 0 Å². The third-order valence-corrected chi connectivity index (χ3v) is 4.80. The summed E-state index contributed by atoms with van der Waals surface area (Å²) in [7, 11) is 0. The minimum atomic E-state index is -0.733. The van der Waals surface area contributed by atoms with Gasteiger partial charge < -0.3 is 5.73 Å². The largest absolute Gasteiger partial charge is 0.368 e. The molecule has 0 aliphatic heterocycles. The van der Waals surface area contributed by atoms with Gasteiger partial charge in [0, 0.05) is 6.04 Å². The molecule has 1 aromatic carbocycles. The number of nitrogens with two attached hydrogens (primary N) is 1. The average molecular weight is 288 g/mol. The van der Waals surface area contributed by atoms with Crippen LogP contribution >= 0.6 is 0 Å². The van der Waals surface area contributed by atoms with E-state index in [-0.39, 0.29) is 5.91 Å². The first-order chi connectivity index (χ1) is 10.1. The van der Waals surface area contributed by atoms with Gasteiger partial charge in [-0.25, -0.2) is 0 Å². The number of benzene rings is 1. The summed E-state index contributed by atoms with van der Waals surface area (Å²) in [4.78, 5) is 12.3. The van der Waals surface area contributed by atoms with Gasteiger partial charge in [-0.3, -0.25) is 10.1 Å². The molecule has 116 valence electrons. The predicted molar refractivity (Wildman–Crippen MR) is 87.0 cm³/mol. The second-order valence-electron chi connectivity index (χ2n) is 6.32. The number of carbonyl (C=O) groups is 1. The Hall–Kier alpha value is -1.35. The van der Waals surface area contributed by atoms with Crippen LogP contribution in [-0.2, 0) is 10.3 Å². The first-order valence-electron chi connectivity index (χ1n) is 8.23. The second-order valence-corrected chi connectivity index (χ2v) is 6.32. The fourth-order valence-corrected chi connectivity index (χ4v) is 3.39. The molecule has 0 radical (unpaired) electrons. The van der Waals surface area contributed by atoms with E-state index < -0.39 is 5.54 Å². The molecule has 1 aliphatic rings. The Morgan fingerprint density at radius 2 is 1.76 bits per heavy atom. The normalized spacial score (nSPS) is 19.7. The van der Waals surface area contributed by atoms with Crippen molar-refractivity contribution in [2.24, 2.45) is 5.73 Å². The smallest absolute Gasteiger partial charge is 0.242 e. The van der Waals surface area contributed by atoms with Gasteiger partial charge in [0.1, 0.15) is 5.54 Å². The number of amides is 1. The monoisotopic (exact) mass is 288 g/mol. The van der Waals surface area contributed by atoms with Gasteiger partial charge in [0.15, 0.2) is 0 Å². The Labute approximate surface area is 128 Å². The quantitative estimate of drug-likeness (QED) is 0.816. The number of rotatable bonds is 5. The van der Waals surface area contributed by atoms with Crippen molar-refractivity contribution in [2.45, 2.75) is 70.4 Å². The van der Waals surface area contributed by atoms with Crippen LogP contribution in [0.4, 0.5) is 0 Å². The molecule has 1 saturated carbocycles. The summed E-state index contributed by atoms with van der Waals surface area (Å²) in [5, 5.41) is 3.62. The van der Waals surface area contributed by atoms with E-state index in [9.17, 15) is 4.79 Å². The molecule has 3 N–H and O–H groups in total. The molecule has 1 aliphatic carbocycles. The van der Waals surface area contributed by atoms with Crippen molar-refractivity contribution in [3.63, 3.8) is 0 Å². The first kappa shape index (κ1) is 16.0. The molecule has 3 heteroatoms. The predicted octanol–water partition coefficient (Wildman–Crippen LogP) is 3.40. The van der Waals surface area contributed by atoms with Gasteiger partial charge in [-0.15, -0.1) is 0 Å². The number of hydrogen-bond donors (Lipinski definition) is 2. The van der Waals surface area contributed by atoms with E-state index in [2.05, 4.69) is 24.4 Å². The zero-order chi connectivity index (χ0) is 15.3. The molecule has 1 fully saturated rings. The minimum absolute atomic E-state index is 0.266. The Bertz CT molecular complexity index is 461.